The Labute approximate surface area is 209 Å². The van der Waals surface area contributed by atoms with Crippen LogP contribution in [-0.4, -0.2) is 89.3 Å². The van der Waals surface area contributed by atoms with Crippen LogP contribution in [0.3, 0.4) is 0 Å². The SMILES string of the molecule is COc1cc(-c2coc3cc(O[C@@H]4O[C@H](CO)[C@@H](O)[C@H](O)[C@H]4O)c(OC)c(O)c3c2=O)cc(O)c1OC. The van der Waals surface area contributed by atoms with Crippen LogP contribution in [0.2, 0.25) is 0 Å². The molecule has 0 bridgehead atoms. The molecule has 2 heterocycles. The molecular weight excluding hydrogens is 496 g/mol. The van der Waals surface area contributed by atoms with Gasteiger partial charge in [-0.3, -0.25) is 4.79 Å². The first-order chi connectivity index (χ1) is 17.7. The third kappa shape index (κ3) is 4.47. The van der Waals surface area contributed by atoms with Gasteiger partial charge in [0.2, 0.25) is 23.2 Å². The van der Waals surface area contributed by atoms with E-state index in [2.05, 4.69) is 0 Å². The molecule has 0 radical (unpaired) electrons. The highest BCUT2D eigenvalue weighted by atomic mass is 16.7. The molecule has 4 rings (SSSR count). The highest BCUT2D eigenvalue weighted by Crippen LogP contribution is 2.44. The third-order valence-corrected chi connectivity index (χ3v) is 6.03. The molecule has 1 saturated heterocycles. The Balaban J connectivity index is 1.80. The van der Waals surface area contributed by atoms with E-state index in [1.165, 1.54) is 39.5 Å². The van der Waals surface area contributed by atoms with E-state index in [9.17, 15) is 35.4 Å². The number of aliphatic hydroxyl groups excluding tert-OH is 4. The van der Waals surface area contributed by atoms with Gasteiger partial charge in [0.15, 0.2) is 23.0 Å². The first-order valence-electron chi connectivity index (χ1n) is 10.9. The minimum absolute atomic E-state index is 0.0243. The van der Waals surface area contributed by atoms with Crippen molar-refractivity contribution >= 4 is 11.0 Å². The van der Waals surface area contributed by atoms with Crippen molar-refractivity contribution in [2.75, 3.05) is 27.9 Å². The maximum atomic E-state index is 13.4. The number of methoxy groups -OCH3 is 3. The molecule has 6 N–H and O–H groups in total. The number of aliphatic hydroxyl groups is 4. The first kappa shape index (κ1) is 26.3. The zero-order valence-electron chi connectivity index (χ0n) is 19.9. The van der Waals surface area contributed by atoms with Gasteiger partial charge in [-0.2, -0.15) is 0 Å². The quantitative estimate of drug-likeness (QED) is 0.244. The van der Waals surface area contributed by atoms with Crippen LogP contribution in [0.25, 0.3) is 22.1 Å². The summed E-state index contributed by atoms with van der Waals surface area (Å²) in [4.78, 5) is 13.4. The number of ether oxygens (including phenoxy) is 5. The van der Waals surface area contributed by atoms with Crippen LogP contribution in [-0.2, 0) is 4.74 Å². The van der Waals surface area contributed by atoms with Gasteiger partial charge in [-0.15, -0.1) is 0 Å². The van der Waals surface area contributed by atoms with Crippen molar-refractivity contribution in [2.45, 2.75) is 30.7 Å². The number of hydrogen-bond donors (Lipinski definition) is 6. The van der Waals surface area contributed by atoms with Crippen LogP contribution in [0.15, 0.2) is 33.7 Å². The monoisotopic (exact) mass is 522 g/mol. The molecule has 2 aromatic carbocycles. The number of hydrogen-bond acceptors (Lipinski definition) is 13. The standard InChI is InChI=1S/C24H26O13/c1-32-13-5-9(4-11(26)22(13)33-2)10-8-35-12-6-14(23(34-3)19(29)16(12)17(10)27)36-24-21(31)20(30)18(28)15(7-25)37-24/h4-6,8,15,18,20-21,24-26,28-31H,7H2,1-3H3/t15-,18-,20+,21-,24-/m1/s1. The van der Waals surface area contributed by atoms with E-state index >= 15 is 0 Å². The Morgan fingerprint density at radius 3 is 2.22 bits per heavy atom. The largest absolute Gasteiger partial charge is 0.504 e. The Kier molecular flexibility index (Phi) is 7.34. The number of fused-ring (bicyclic) bond motifs is 1. The molecule has 0 unspecified atom stereocenters. The highest BCUT2D eigenvalue weighted by Gasteiger charge is 2.45. The minimum atomic E-state index is -1.73. The van der Waals surface area contributed by atoms with Gasteiger partial charge in [-0.25, -0.2) is 0 Å². The van der Waals surface area contributed by atoms with Crippen molar-refractivity contribution in [3.05, 3.63) is 34.7 Å². The molecule has 0 saturated carbocycles. The summed E-state index contributed by atoms with van der Waals surface area (Å²) in [6.45, 7) is -0.672. The third-order valence-electron chi connectivity index (χ3n) is 6.03. The normalized spacial score (nSPS) is 23.6. The number of benzene rings is 2. The fourth-order valence-corrected chi connectivity index (χ4v) is 4.10. The van der Waals surface area contributed by atoms with E-state index < -0.39 is 48.5 Å². The fraction of sp³-hybridized carbons (Fsp3) is 0.375. The van der Waals surface area contributed by atoms with Crippen LogP contribution in [0.1, 0.15) is 0 Å². The van der Waals surface area contributed by atoms with Crippen molar-refractivity contribution in [2.24, 2.45) is 0 Å². The maximum absolute atomic E-state index is 13.4. The number of rotatable bonds is 7. The van der Waals surface area contributed by atoms with Crippen LogP contribution in [0.4, 0.5) is 0 Å². The number of aromatic hydroxyl groups is 2. The molecule has 5 atom stereocenters. The van der Waals surface area contributed by atoms with Crippen LogP contribution in [0.5, 0.6) is 34.5 Å². The number of phenols is 2. The van der Waals surface area contributed by atoms with Crippen molar-refractivity contribution in [3.8, 4) is 45.6 Å². The summed E-state index contributed by atoms with van der Waals surface area (Å²) in [5.74, 6) is -1.26. The Bertz CT molecular complexity index is 1350. The van der Waals surface area contributed by atoms with Crippen molar-refractivity contribution < 1.29 is 58.7 Å². The minimum Gasteiger partial charge on any atom is -0.504 e. The topological polar surface area (TPSA) is 198 Å². The zero-order chi connectivity index (χ0) is 27.0. The van der Waals surface area contributed by atoms with Crippen LogP contribution in [0, 0.1) is 0 Å². The summed E-state index contributed by atoms with van der Waals surface area (Å²) in [6, 6.07) is 3.92. The molecule has 13 nitrogen and oxygen atoms in total. The van der Waals surface area contributed by atoms with Gasteiger partial charge >= 0.3 is 0 Å². The molecule has 3 aromatic rings. The van der Waals surface area contributed by atoms with Gasteiger partial charge in [0.1, 0.15) is 41.6 Å². The van der Waals surface area contributed by atoms with E-state index in [0.29, 0.717) is 0 Å². The lowest BCUT2D eigenvalue weighted by Gasteiger charge is -2.39. The first-order valence-corrected chi connectivity index (χ1v) is 10.9. The maximum Gasteiger partial charge on any atom is 0.229 e. The molecular formula is C24H26O13. The van der Waals surface area contributed by atoms with Gasteiger partial charge in [0.05, 0.1) is 33.5 Å². The lowest BCUT2D eigenvalue weighted by Crippen LogP contribution is -2.60. The predicted octanol–water partition coefficient (Wildman–Crippen LogP) is 0.0757. The Morgan fingerprint density at radius 1 is 0.892 bits per heavy atom. The summed E-state index contributed by atoms with van der Waals surface area (Å²) in [5.41, 5.74) is -0.617. The predicted molar refractivity (Wildman–Crippen MR) is 125 cm³/mol. The van der Waals surface area contributed by atoms with Gasteiger partial charge in [0.25, 0.3) is 0 Å². The van der Waals surface area contributed by atoms with Crippen LogP contribution < -0.4 is 24.4 Å². The molecule has 0 aliphatic carbocycles. The van der Waals surface area contributed by atoms with Gasteiger partial charge < -0.3 is 58.7 Å². The molecule has 1 aliphatic rings. The highest BCUT2D eigenvalue weighted by molar-refractivity contribution is 5.91. The second kappa shape index (κ2) is 10.3. The lowest BCUT2D eigenvalue weighted by atomic mass is 9.99. The van der Waals surface area contributed by atoms with Crippen LogP contribution >= 0.6 is 0 Å². The number of phenolic OH excluding ortho intramolecular Hbond substituents is 2. The summed E-state index contributed by atoms with van der Waals surface area (Å²) >= 11 is 0. The van der Waals surface area contributed by atoms with E-state index in [1.807, 2.05) is 0 Å². The summed E-state index contributed by atoms with van der Waals surface area (Å²) in [7, 11) is 3.90. The molecule has 0 spiro atoms. The van der Waals surface area contributed by atoms with E-state index in [4.69, 9.17) is 28.1 Å². The fourth-order valence-electron chi connectivity index (χ4n) is 4.10. The second-order valence-electron chi connectivity index (χ2n) is 8.15. The average molecular weight is 522 g/mol. The molecule has 1 fully saturated rings. The van der Waals surface area contributed by atoms with Crippen molar-refractivity contribution in [1.82, 2.24) is 0 Å². The molecule has 13 heteroatoms. The molecule has 200 valence electrons. The van der Waals surface area contributed by atoms with Gasteiger partial charge in [0, 0.05) is 6.07 Å². The lowest BCUT2D eigenvalue weighted by molar-refractivity contribution is -0.277. The second-order valence-corrected chi connectivity index (χ2v) is 8.15. The summed E-state index contributed by atoms with van der Waals surface area (Å²) < 4.78 is 32.0. The Hall–Kier alpha value is -3.75. The summed E-state index contributed by atoms with van der Waals surface area (Å²) in [5, 5.41) is 60.6. The Morgan fingerprint density at radius 2 is 1.59 bits per heavy atom. The smallest absolute Gasteiger partial charge is 0.229 e. The van der Waals surface area contributed by atoms with E-state index in [-0.39, 0.29) is 50.8 Å². The van der Waals surface area contributed by atoms with Crippen molar-refractivity contribution in [1.29, 1.82) is 0 Å². The summed E-state index contributed by atoms with van der Waals surface area (Å²) in [6.07, 6.45) is -6.74. The van der Waals surface area contributed by atoms with Gasteiger partial charge in [-0.1, -0.05) is 0 Å². The van der Waals surface area contributed by atoms with E-state index in [1.54, 1.807) is 0 Å². The van der Waals surface area contributed by atoms with Gasteiger partial charge in [-0.05, 0) is 17.7 Å². The van der Waals surface area contributed by atoms with E-state index in [0.717, 1.165) is 6.26 Å². The molecule has 37 heavy (non-hydrogen) atoms. The molecule has 1 aliphatic heterocycles. The molecule has 0 amide bonds. The average Bonchev–Trinajstić information content (AvgIpc) is 2.88. The zero-order valence-corrected chi connectivity index (χ0v) is 19.9. The van der Waals surface area contributed by atoms with Crippen molar-refractivity contribution in [3.63, 3.8) is 0 Å². The molecule has 1 aromatic heterocycles.